The lowest BCUT2D eigenvalue weighted by Crippen LogP contribution is -2.46. The maximum absolute atomic E-state index is 10.0. The number of nitrogens with zero attached hydrogens (tertiary/aromatic N) is 1. The molecule has 0 saturated carbocycles. The van der Waals surface area contributed by atoms with Crippen LogP contribution in [0.3, 0.4) is 0 Å². The van der Waals surface area contributed by atoms with Crippen molar-refractivity contribution in [2.45, 2.75) is 65.5 Å². The Morgan fingerprint density at radius 1 is 1.35 bits per heavy atom. The second-order valence-electron chi connectivity index (χ2n) is 6.46. The number of unbranched alkanes of at least 4 members (excludes halogenated alkanes) is 1. The molecule has 0 radical (unpaired) electrons. The third kappa shape index (κ3) is 7.82. The number of hydrogen-bond donors (Lipinski definition) is 3. The van der Waals surface area contributed by atoms with Gasteiger partial charge in [0.15, 0.2) is 0 Å². The van der Waals surface area contributed by atoms with Gasteiger partial charge in [-0.2, -0.15) is 0 Å². The number of carbonyl (C=O) groups is 1. The molecular weight excluding hydrogens is 258 g/mol. The molecule has 0 aromatic heterocycles. The molecule has 0 aromatic carbocycles. The van der Waals surface area contributed by atoms with Crippen molar-refractivity contribution in [1.82, 2.24) is 4.90 Å². The van der Waals surface area contributed by atoms with Crippen molar-refractivity contribution in [2.75, 3.05) is 19.7 Å². The van der Waals surface area contributed by atoms with E-state index in [1.807, 2.05) is 0 Å². The molecule has 1 fully saturated rings. The predicted molar refractivity (Wildman–Crippen MR) is 79.7 cm³/mol. The first-order chi connectivity index (χ1) is 9.22. The highest BCUT2D eigenvalue weighted by atomic mass is 16.4. The zero-order valence-electron chi connectivity index (χ0n) is 13.3. The van der Waals surface area contributed by atoms with Crippen molar-refractivity contribution in [3.05, 3.63) is 0 Å². The van der Waals surface area contributed by atoms with Gasteiger partial charge in [0.2, 0.25) is 0 Å². The van der Waals surface area contributed by atoms with E-state index in [0.29, 0.717) is 0 Å². The lowest BCUT2D eigenvalue weighted by atomic mass is 9.98. The lowest BCUT2D eigenvalue weighted by molar-refractivity contribution is -0.145. The third-order valence-electron chi connectivity index (χ3n) is 3.46. The van der Waals surface area contributed by atoms with Crippen LogP contribution in [0.4, 0.5) is 0 Å². The maximum atomic E-state index is 10.0. The van der Waals surface area contributed by atoms with Gasteiger partial charge in [0, 0.05) is 12.6 Å². The monoisotopic (exact) mass is 289 g/mol. The van der Waals surface area contributed by atoms with Crippen molar-refractivity contribution < 1.29 is 20.1 Å². The van der Waals surface area contributed by atoms with Gasteiger partial charge in [0.1, 0.15) is 0 Å². The lowest BCUT2D eigenvalue weighted by Gasteiger charge is -2.36. The zero-order chi connectivity index (χ0) is 15.8. The number of piperidine rings is 1. The summed E-state index contributed by atoms with van der Waals surface area (Å²) in [6.45, 7) is 9.34. The molecule has 2 unspecified atom stereocenters. The first kappa shape index (κ1) is 19.4. The van der Waals surface area contributed by atoms with E-state index in [9.17, 15) is 9.90 Å². The fourth-order valence-corrected chi connectivity index (χ4v) is 1.92. The molecule has 120 valence electrons. The van der Waals surface area contributed by atoms with Gasteiger partial charge in [0.05, 0.1) is 18.1 Å². The van der Waals surface area contributed by atoms with E-state index in [0.717, 1.165) is 25.9 Å². The van der Waals surface area contributed by atoms with E-state index in [-0.39, 0.29) is 18.8 Å². The van der Waals surface area contributed by atoms with Crippen LogP contribution in [0, 0.1) is 5.41 Å². The minimum atomic E-state index is -0.757. The number of hydrogen-bond acceptors (Lipinski definition) is 4. The van der Waals surface area contributed by atoms with Gasteiger partial charge in [-0.15, -0.1) is 0 Å². The quantitative estimate of drug-likeness (QED) is 0.734. The fourth-order valence-electron chi connectivity index (χ4n) is 1.92. The molecule has 0 aliphatic carbocycles. The Morgan fingerprint density at radius 2 is 1.90 bits per heavy atom. The van der Waals surface area contributed by atoms with Crippen LogP contribution in [0.5, 0.6) is 0 Å². The van der Waals surface area contributed by atoms with Gasteiger partial charge in [-0.1, -0.05) is 13.3 Å². The Bertz CT molecular complexity index is 274. The van der Waals surface area contributed by atoms with Crippen LogP contribution >= 0.6 is 0 Å². The Hall–Kier alpha value is -0.650. The number of carboxylic acid groups (broad SMARTS) is 1. The van der Waals surface area contributed by atoms with E-state index in [1.54, 1.807) is 20.8 Å². The highest BCUT2D eigenvalue weighted by Gasteiger charge is 2.25. The van der Waals surface area contributed by atoms with Crippen LogP contribution in [0.15, 0.2) is 0 Å². The molecule has 0 amide bonds. The van der Waals surface area contributed by atoms with Crippen LogP contribution in [0.25, 0.3) is 0 Å². The standard InChI is InChI=1S/C10H21NO2.C5H10O2/c1-2-3-5-11-6-4-10(13)7-9(11)8-12;1-5(2,3)4(6)7/h9-10,12-13H,2-8H2,1H3;1-3H3,(H,6,7). The fraction of sp³-hybridized carbons (Fsp3) is 0.933. The van der Waals surface area contributed by atoms with Gasteiger partial charge in [-0.25, -0.2) is 0 Å². The number of aliphatic hydroxyl groups excluding tert-OH is 2. The highest BCUT2D eigenvalue weighted by Crippen LogP contribution is 2.17. The summed E-state index contributed by atoms with van der Waals surface area (Å²) >= 11 is 0. The van der Waals surface area contributed by atoms with E-state index >= 15 is 0 Å². The van der Waals surface area contributed by atoms with E-state index < -0.39 is 11.4 Å². The first-order valence-electron chi connectivity index (χ1n) is 7.48. The van der Waals surface area contributed by atoms with Gasteiger partial charge < -0.3 is 15.3 Å². The summed E-state index contributed by atoms with van der Waals surface area (Å²) in [5.41, 5.74) is -0.583. The molecule has 0 aromatic rings. The molecular formula is C15H31NO4. The van der Waals surface area contributed by atoms with E-state index in [2.05, 4.69) is 11.8 Å². The molecule has 5 heteroatoms. The molecule has 1 saturated heterocycles. The highest BCUT2D eigenvalue weighted by molar-refractivity contribution is 5.72. The summed E-state index contributed by atoms with van der Waals surface area (Å²) < 4.78 is 0. The summed E-state index contributed by atoms with van der Waals surface area (Å²) in [6.07, 6.45) is 3.78. The van der Waals surface area contributed by atoms with Crippen molar-refractivity contribution in [3.63, 3.8) is 0 Å². The minimum absolute atomic E-state index is 0.181. The van der Waals surface area contributed by atoms with Crippen molar-refractivity contribution in [1.29, 1.82) is 0 Å². The largest absolute Gasteiger partial charge is 0.481 e. The molecule has 1 aliphatic rings. The van der Waals surface area contributed by atoms with Crippen molar-refractivity contribution in [2.24, 2.45) is 5.41 Å². The second kappa shape index (κ2) is 9.32. The number of carboxylic acids is 1. The molecule has 20 heavy (non-hydrogen) atoms. The normalized spacial score (nSPS) is 23.9. The number of aliphatic hydroxyl groups is 2. The van der Waals surface area contributed by atoms with Crippen molar-refractivity contribution >= 4 is 5.97 Å². The van der Waals surface area contributed by atoms with Gasteiger partial charge >= 0.3 is 5.97 Å². The molecule has 1 aliphatic heterocycles. The van der Waals surface area contributed by atoms with Crippen LogP contribution in [-0.4, -0.2) is 58.0 Å². The first-order valence-corrected chi connectivity index (χ1v) is 7.48. The summed E-state index contributed by atoms with van der Waals surface area (Å²) in [7, 11) is 0. The van der Waals surface area contributed by atoms with Crippen LogP contribution in [0.2, 0.25) is 0 Å². The van der Waals surface area contributed by atoms with Gasteiger partial charge in [-0.3, -0.25) is 9.69 Å². The van der Waals surface area contributed by atoms with Crippen LogP contribution in [-0.2, 0) is 4.79 Å². The predicted octanol–water partition coefficient (Wildman–Crippen LogP) is 1.72. The van der Waals surface area contributed by atoms with Crippen molar-refractivity contribution in [3.8, 4) is 0 Å². The summed E-state index contributed by atoms with van der Waals surface area (Å²) in [5.74, 6) is -0.757. The smallest absolute Gasteiger partial charge is 0.308 e. The molecule has 3 N–H and O–H groups in total. The summed E-state index contributed by atoms with van der Waals surface area (Å²) in [5, 5.41) is 26.8. The molecule has 0 bridgehead atoms. The topological polar surface area (TPSA) is 81.0 Å². The number of rotatable bonds is 4. The van der Waals surface area contributed by atoms with E-state index in [1.165, 1.54) is 12.8 Å². The summed E-state index contributed by atoms with van der Waals surface area (Å²) in [6, 6.07) is 0.190. The van der Waals surface area contributed by atoms with Gasteiger partial charge in [0.25, 0.3) is 0 Å². The van der Waals surface area contributed by atoms with E-state index in [4.69, 9.17) is 10.2 Å². The minimum Gasteiger partial charge on any atom is -0.481 e. The average Bonchev–Trinajstić information content (AvgIpc) is 2.36. The summed E-state index contributed by atoms with van der Waals surface area (Å²) in [4.78, 5) is 12.3. The molecule has 5 nitrogen and oxygen atoms in total. The number of aliphatic carboxylic acids is 1. The van der Waals surface area contributed by atoms with Crippen LogP contribution < -0.4 is 0 Å². The average molecular weight is 289 g/mol. The molecule has 1 heterocycles. The molecule has 2 atom stereocenters. The Kier molecular flexibility index (Phi) is 9.01. The molecule has 1 rings (SSSR count). The Morgan fingerprint density at radius 3 is 2.30 bits per heavy atom. The molecule has 0 spiro atoms. The maximum Gasteiger partial charge on any atom is 0.308 e. The third-order valence-corrected chi connectivity index (χ3v) is 3.46. The zero-order valence-corrected chi connectivity index (χ0v) is 13.3. The second-order valence-corrected chi connectivity index (χ2v) is 6.46. The SMILES string of the molecule is CC(C)(C)C(=O)O.CCCCN1CCC(O)CC1CO. The van der Waals surface area contributed by atoms with Crippen LogP contribution in [0.1, 0.15) is 53.4 Å². The number of likely N-dealkylation sites (tertiary alicyclic amines) is 1. The van der Waals surface area contributed by atoms with Gasteiger partial charge in [-0.05, 0) is 46.6 Å². The Labute approximate surface area is 122 Å². The Balaban J connectivity index is 0.000000441.